The Balaban J connectivity index is 1.40. The monoisotopic (exact) mass is 428 g/mol. The van der Waals surface area contributed by atoms with E-state index in [0.29, 0.717) is 17.5 Å². The van der Waals surface area contributed by atoms with Crippen LogP contribution in [0.25, 0.3) is 0 Å². The zero-order valence-electron chi connectivity index (χ0n) is 17.8. The topological polar surface area (TPSA) is 75.7 Å². The lowest BCUT2D eigenvalue weighted by molar-refractivity contribution is -0.121. The first kappa shape index (κ1) is 21.3. The van der Waals surface area contributed by atoms with Crippen molar-refractivity contribution in [3.05, 3.63) is 101 Å². The molecule has 0 bridgehead atoms. The molecule has 3 amide bonds. The Morgan fingerprint density at radius 3 is 2.00 bits per heavy atom. The molecule has 0 saturated carbocycles. The van der Waals surface area contributed by atoms with Gasteiger partial charge < -0.3 is 10.1 Å². The van der Waals surface area contributed by atoms with Crippen LogP contribution in [0, 0.1) is 0 Å². The Morgan fingerprint density at radius 1 is 0.844 bits per heavy atom. The van der Waals surface area contributed by atoms with E-state index < -0.39 is 0 Å². The van der Waals surface area contributed by atoms with Crippen molar-refractivity contribution in [2.24, 2.45) is 0 Å². The van der Waals surface area contributed by atoms with Gasteiger partial charge in [0.2, 0.25) is 5.91 Å². The first-order valence-electron chi connectivity index (χ1n) is 10.5. The molecule has 0 spiro atoms. The van der Waals surface area contributed by atoms with E-state index >= 15 is 0 Å². The van der Waals surface area contributed by atoms with Crippen molar-refractivity contribution in [2.45, 2.75) is 18.9 Å². The van der Waals surface area contributed by atoms with Crippen LogP contribution in [0.5, 0.6) is 5.75 Å². The van der Waals surface area contributed by atoms with Crippen LogP contribution in [-0.4, -0.2) is 36.3 Å². The highest BCUT2D eigenvalue weighted by molar-refractivity contribution is 6.21. The molecule has 0 radical (unpaired) electrons. The molecule has 0 saturated heterocycles. The van der Waals surface area contributed by atoms with E-state index in [1.165, 1.54) is 4.90 Å². The molecule has 0 unspecified atom stereocenters. The Labute approximate surface area is 186 Å². The number of rotatable bonds is 8. The largest absolute Gasteiger partial charge is 0.497 e. The Morgan fingerprint density at radius 2 is 1.41 bits per heavy atom. The highest BCUT2D eigenvalue weighted by atomic mass is 16.5. The summed E-state index contributed by atoms with van der Waals surface area (Å²) < 4.78 is 5.23. The van der Waals surface area contributed by atoms with Crippen LogP contribution in [0.1, 0.15) is 50.7 Å². The fourth-order valence-corrected chi connectivity index (χ4v) is 3.87. The van der Waals surface area contributed by atoms with E-state index in [1.807, 2.05) is 54.6 Å². The molecule has 3 aromatic rings. The number of carbonyl (C=O) groups is 3. The molecule has 162 valence electrons. The zero-order chi connectivity index (χ0) is 22.5. The maximum atomic E-state index is 12.8. The van der Waals surface area contributed by atoms with Crippen LogP contribution in [0.3, 0.4) is 0 Å². The molecule has 4 rings (SSSR count). The first-order chi connectivity index (χ1) is 15.6. The van der Waals surface area contributed by atoms with E-state index in [4.69, 9.17) is 4.74 Å². The molecule has 1 aliphatic rings. The van der Waals surface area contributed by atoms with Gasteiger partial charge in [0.25, 0.3) is 11.8 Å². The van der Waals surface area contributed by atoms with Crippen LogP contribution in [0.2, 0.25) is 0 Å². The van der Waals surface area contributed by atoms with Crippen molar-refractivity contribution >= 4 is 17.7 Å². The maximum absolute atomic E-state index is 12.8. The van der Waals surface area contributed by atoms with Crippen molar-refractivity contribution < 1.29 is 19.1 Å². The van der Waals surface area contributed by atoms with Gasteiger partial charge in [-0.15, -0.1) is 0 Å². The molecule has 1 atom stereocenters. The average Bonchev–Trinajstić information content (AvgIpc) is 3.08. The summed E-state index contributed by atoms with van der Waals surface area (Å²) in [6.45, 7) is 0.207. The predicted octanol–water partition coefficient (Wildman–Crippen LogP) is 3.98. The second kappa shape index (κ2) is 9.47. The number of imide groups is 1. The summed E-state index contributed by atoms with van der Waals surface area (Å²) in [6.07, 6.45) is 0.592. The van der Waals surface area contributed by atoms with E-state index in [9.17, 15) is 14.4 Å². The van der Waals surface area contributed by atoms with Crippen molar-refractivity contribution in [3.63, 3.8) is 0 Å². The highest BCUT2D eigenvalue weighted by Crippen LogP contribution is 2.25. The summed E-state index contributed by atoms with van der Waals surface area (Å²) in [5.41, 5.74) is 2.74. The van der Waals surface area contributed by atoms with Crippen LogP contribution in [-0.2, 0) is 4.79 Å². The lowest BCUT2D eigenvalue weighted by Crippen LogP contribution is -2.33. The molecule has 0 aromatic heterocycles. The average molecular weight is 428 g/mol. The van der Waals surface area contributed by atoms with Gasteiger partial charge in [0.05, 0.1) is 24.3 Å². The van der Waals surface area contributed by atoms with Crippen LogP contribution < -0.4 is 10.1 Å². The number of nitrogens with one attached hydrogen (secondary N) is 1. The molecule has 6 heteroatoms. The van der Waals surface area contributed by atoms with Gasteiger partial charge in [-0.25, -0.2) is 0 Å². The molecule has 0 fully saturated rings. The molecular weight excluding hydrogens is 404 g/mol. The van der Waals surface area contributed by atoms with Gasteiger partial charge in [0.1, 0.15) is 5.75 Å². The molecule has 3 aromatic carbocycles. The standard InChI is InChI=1S/C26H24N2O4/c1-32-20-15-13-19(14-16-20)24(18-8-3-2-4-9-18)27-23(29)12-7-17-28-25(30)21-10-5-6-11-22(21)26(28)31/h2-6,8-11,13-16,24H,7,12,17H2,1H3,(H,27,29)/t24-/m1/s1. The van der Waals surface area contributed by atoms with E-state index in [-0.39, 0.29) is 36.7 Å². The Kier molecular flexibility index (Phi) is 6.31. The summed E-state index contributed by atoms with van der Waals surface area (Å²) >= 11 is 0. The quantitative estimate of drug-likeness (QED) is 0.551. The number of benzene rings is 3. The van der Waals surface area contributed by atoms with E-state index in [2.05, 4.69) is 5.32 Å². The molecule has 0 aliphatic carbocycles. The fourth-order valence-electron chi connectivity index (χ4n) is 3.87. The Bertz CT molecular complexity index is 1090. The molecule has 1 aliphatic heterocycles. The van der Waals surface area contributed by atoms with Gasteiger partial charge in [-0.05, 0) is 41.8 Å². The summed E-state index contributed by atoms with van der Waals surface area (Å²) in [4.78, 5) is 38.9. The summed E-state index contributed by atoms with van der Waals surface area (Å²) in [6, 6.07) is 23.8. The second-order valence-electron chi connectivity index (χ2n) is 7.60. The van der Waals surface area contributed by atoms with Crippen molar-refractivity contribution in [2.75, 3.05) is 13.7 Å². The first-order valence-corrected chi connectivity index (χ1v) is 10.5. The van der Waals surface area contributed by atoms with Crippen LogP contribution in [0.15, 0.2) is 78.9 Å². The van der Waals surface area contributed by atoms with Gasteiger partial charge in [-0.1, -0.05) is 54.6 Å². The fraction of sp³-hybridized carbons (Fsp3) is 0.192. The van der Waals surface area contributed by atoms with Crippen LogP contribution in [0.4, 0.5) is 0 Å². The zero-order valence-corrected chi connectivity index (χ0v) is 17.8. The van der Waals surface area contributed by atoms with Crippen molar-refractivity contribution in [1.29, 1.82) is 0 Å². The lowest BCUT2D eigenvalue weighted by atomic mass is 9.98. The molecule has 1 heterocycles. The van der Waals surface area contributed by atoms with Gasteiger partial charge >= 0.3 is 0 Å². The third-order valence-corrected chi connectivity index (χ3v) is 5.55. The molecule has 1 N–H and O–H groups in total. The van der Waals surface area contributed by atoms with Crippen LogP contribution >= 0.6 is 0 Å². The summed E-state index contributed by atoms with van der Waals surface area (Å²) in [5.74, 6) is -0.00285. The molecule has 6 nitrogen and oxygen atoms in total. The summed E-state index contributed by atoms with van der Waals surface area (Å²) in [7, 11) is 1.61. The maximum Gasteiger partial charge on any atom is 0.261 e. The predicted molar refractivity (Wildman–Crippen MR) is 120 cm³/mol. The second-order valence-corrected chi connectivity index (χ2v) is 7.60. The van der Waals surface area contributed by atoms with Crippen molar-refractivity contribution in [1.82, 2.24) is 10.2 Å². The normalized spacial score (nSPS) is 13.6. The smallest absolute Gasteiger partial charge is 0.261 e. The number of nitrogens with zero attached hydrogens (tertiary/aromatic N) is 1. The Hall–Kier alpha value is -3.93. The number of carbonyl (C=O) groups excluding carboxylic acids is 3. The van der Waals surface area contributed by atoms with Gasteiger partial charge in [0, 0.05) is 13.0 Å². The number of hydrogen-bond acceptors (Lipinski definition) is 4. The van der Waals surface area contributed by atoms with Gasteiger partial charge in [-0.2, -0.15) is 0 Å². The third kappa shape index (κ3) is 4.39. The molecule has 32 heavy (non-hydrogen) atoms. The minimum absolute atomic E-state index is 0.147. The van der Waals surface area contributed by atoms with E-state index in [1.54, 1.807) is 31.4 Å². The SMILES string of the molecule is COc1ccc([C@H](NC(=O)CCCN2C(=O)c3ccccc3C2=O)c2ccccc2)cc1. The highest BCUT2D eigenvalue weighted by Gasteiger charge is 2.34. The number of hydrogen-bond donors (Lipinski definition) is 1. The van der Waals surface area contributed by atoms with Crippen molar-refractivity contribution in [3.8, 4) is 5.75 Å². The number of methoxy groups -OCH3 is 1. The third-order valence-electron chi connectivity index (χ3n) is 5.55. The minimum Gasteiger partial charge on any atom is -0.497 e. The van der Waals surface area contributed by atoms with E-state index in [0.717, 1.165) is 16.9 Å². The summed E-state index contributed by atoms with van der Waals surface area (Å²) in [5, 5.41) is 3.08. The molecular formula is C26H24N2O4. The van der Waals surface area contributed by atoms with Gasteiger partial charge in [0.15, 0.2) is 0 Å². The lowest BCUT2D eigenvalue weighted by Gasteiger charge is -2.21. The number of fused-ring (bicyclic) bond motifs is 1. The number of ether oxygens (including phenoxy) is 1. The minimum atomic E-state index is -0.311. The number of amides is 3. The van der Waals surface area contributed by atoms with Gasteiger partial charge in [-0.3, -0.25) is 19.3 Å².